The second-order valence-electron chi connectivity index (χ2n) is 6.05. The van der Waals surface area contributed by atoms with E-state index in [9.17, 15) is 10.2 Å². The Balaban J connectivity index is 1.76. The highest BCUT2D eigenvalue weighted by molar-refractivity contribution is 5.81. The average Bonchev–Trinajstić information content (AvgIpc) is 3.25. The van der Waals surface area contributed by atoms with Gasteiger partial charge in [-0.3, -0.25) is 9.47 Å². The molecular formula is C14H20N6O3. The molecule has 2 aromatic rings. The Labute approximate surface area is 132 Å². The van der Waals surface area contributed by atoms with Crippen LogP contribution in [0.4, 0.5) is 5.82 Å². The zero-order valence-corrected chi connectivity index (χ0v) is 12.6. The Kier molecular flexibility index (Phi) is 3.64. The summed E-state index contributed by atoms with van der Waals surface area (Å²) in [6, 6.07) is -0.247. The average molecular weight is 320 g/mol. The minimum Gasteiger partial charge on any atom is -0.394 e. The summed E-state index contributed by atoms with van der Waals surface area (Å²) >= 11 is 0. The molecule has 9 heteroatoms. The number of aromatic nitrogens is 4. The van der Waals surface area contributed by atoms with Crippen molar-refractivity contribution in [2.75, 3.05) is 25.4 Å². The minimum absolute atomic E-state index is 0.230. The maximum absolute atomic E-state index is 10.6. The van der Waals surface area contributed by atoms with Gasteiger partial charge in [0, 0.05) is 0 Å². The lowest BCUT2D eigenvalue weighted by Crippen LogP contribution is -2.45. The summed E-state index contributed by atoms with van der Waals surface area (Å²) in [5, 5.41) is 20.1. The molecule has 0 unspecified atom stereocenters. The van der Waals surface area contributed by atoms with E-state index in [0.29, 0.717) is 17.0 Å². The van der Waals surface area contributed by atoms with Crippen LogP contribution in [-0.2, 0) is 4.74 Å². The van der Waals surface area contributed by atoms with E-state index in [2.05, 4.69) is 19.9 Å². The highest BCUT2D eigenvalue weighted by atomic mass is 16.5. The zero-order valence-electron chi connectivity index (χ0n) is 12.6. The second-order valence-corrected chi connectivity index (χ2v) is 6.05. The normalized spacial score (nSPS) is 32.1. The van der Waals surface area contributed by atoms with Gasteiger partial charge in [-0.1, -0.05) is 0 Å². The third-order valence-corrected chi connectivity index (χ3v) is 4.74. The van der Waals surface area contributed by atoms with Gasteiger partial charge < -0.3 is 20.7 Å². The Morgan fingerprint density at radius 1 is 1.26 bits per heavy atom. The van der Waals surface area contributed by atoms with Gasteiger partial charge in [-0.05, 0) is 25.9 Å². The maximum Gasteiger partial charge on any atom is 0.167 e. The first-order valence-electron chi connectivity index (χ1n) is 7.82. The van der Waals surface area contributed by atoms with E-state index in [-0.39, 0.29) is 12.6 Å². The summed E-state index contributed by atoms with van der Waals surface area (Å²) in [4.78, 5) is 14.7. The van der Waals surface area contributed by atoms with Gasteiger partial charge in [-0.25, -0.2) is 15.0 Å². The molecule has 0 aliphatic carbocycles. The van der Waals surface area contributed by atoms with Crippen molar-refractivity contribution < 1.29 is 14.9 Å². The van der Waals surface area contributed by atoms with Crippen molar-refractivity contribution in [1.29, 1.82) is 0 Å². The molecule has 4 N–H and O–H groups in total. The van der Waals surface area contributed by atoms with E-state index in [4.69, 9.17) is 10.5 Å². The fourth-order valence-electron chi connectivity index (χ4n) is 3.60. The molecule has 2 aliphatic heterocycles. The molecule has 0 bridgehead atoms. The number of aliphatic hydroxyl groups excluding tert-OH is 2. The molecule has 2 aromatic heterocycles. The molecule has 0 amide bonds. The molecule has 2 aliphatic rings. The van der Waals surface area contributed by atoms with E-state index in [1.165, 1.54) is 6.33 Å². The lowest BCUT2D eigenvalue weighted by molar-refractivity contribution is -0.0464. The summed E-state index contributed by atoms with van der Waals surface area (Å²) in [6.07, 6.45) is 3.33. The molecule has 23 heavy (non-hydrogen) atoms. The van der Waals surface area contributed by atoms with Crippen LogP contribution in [0.15, 0.2) is 12.7 Å². The number of nitrogen functional groups attached to an aromatic ring is 1. The van der Waals surface area contributed by atoms with Crippen molar-refractivity contribution in [3.8, 4) is 0 Å². The number of nitrogens with two attached hydrogens (primary N) is 1. The smallest absolute Gasteiger partial charge is 0.167 e. The third-order valence-electron chi connectivity index (χ3n) is 4.74. The van der Waals surface area contributed by atoms with Crippen molar-refractivity contribution in [2.45, 2.75) is 37.3 Å². The summed E-state index contributed by atoms with van der Waals surface area (Å²) in [5.41, 5.74) is 6.92. The highest BCUT2D eigenvalue weighted by Gasteiger charge is 2.48. The van der Waals surface area contributed by atoms with Gasteiger partial charge in [-0.15, -0.1) is 0 Å². The van der Waals surface area contributed by atoms with Crippen LogP contribution in [0.3, 0.4) is 0 Å². The lowest BCUT2D eigenvalue weighted by Gasteiger charge is -2.30. The van der Waals surface area contributed by atoms with Crippen molar-refractivity contribution in [3.05, 3.63) is 12.7 Å². The van der Waals surface area contributed by atoms with Crippen molar-refractivity contribution in [2.24, 2.45) is 0 Å². The van der Waals surface area contributed by atoms with Crippen LogP contribution in [0.1, 0.15) is 19.1 Å². The Morgan fingerprint density at radius 2 is 2.04 bits per heavy atom. The number of imidazole rings is 1. The Bertz CT molecular complexity index is 701. The van der Waals surface area contributed by atoms with Gasteiger partial charge in [0.05, 0.1) is 19.0 Å². The van der Waals surface area contributed by atoms with Crippen LogP contribution in [0.25, 0.3) is 11.2 Å². The molecule has 0 spiro atoms. The number of anilines is 1. The largest absolute Gasteiger partial charge is 0.394 e. The number of rotatable bonds is 3. The first-order valence-corrected chi connectivity index (χ1v) is 7.82. The predicted octanol–water partition coefficient (Wildman–Crippen LogP) is -0.877. The minimum atomic E-state index is -0.764. The Morgan fingerprint density at radius 3 is 2.78 bits per heavy atom. The number of hydrogen-bond acceptors (Lipinski definition) is 8. The zero-order chi connectivity index (χ0) is 16.0. The monoisotopic (exact) mass is 320 g/mol. The van der Waals surface area contributed by atoms with Crippen molar-refractivity contribution in [3.63, 3.8) is 0 Å². The van der Waals surface area contributed by atoms with Crippen LogP contribution in [0.2, 0.25) is 0 Å². The van der Waals surface area contributed by atoms with Crippen LogP contribution in [0, 0.1) is 0 Å². The number of nitrogens with zero attached hydrogens (tertiary/aromatic N) is 5. The molecular weight excluding hydrogens is 300 g/mol. The molecule has 4 heterocycles. The summed E-state index contributed by atoms with van der Waals surface area (Å²) in [7, 11) is 0. The summed E-state index contributed by atoms with van der Waals surface area (Å²) < 4.78 is 7.69. The Hall–Kier alpha value is -1.81. The van der Waals surface area contributed by atoms with E-state index >= 15 is 0 Å². The van der Waals surface area contributed by atoms with Gasteiger partial charge in [0.2, 0.25) is 0 Å². The van der Waals surface area contributed by atoms with Crippen LogP contribution < -0.4 is 5.73 Å². The maximum atomic E-state index is 10.6. The molecule has 4 rings (SSSR count). The molecule has 2 saturated heterocycles. The first kappa shape index (κ1) is 14.8. The van der Waals surface area contributed by atoms with E-state index < -0.39 is 18.4 Å². The van der Waals surface area contributed by atoms with Crippen molar-refractivity contribution >= 4 is 17.0 Å². The molecule has 4 atom stereocenters. The van der Waals surface area contributed by atoms with Crippen LogP contribution >= 0.6 is 0 Å². The second kappa shape index (κ2) is 5.68. The standard InChI is InChI=1S/C14H20N6O3/c15-12-9-13(17-6-16-12)20(7-18-9)14-10(19-3-1-2-4-19)11(22)8(5-21)23-14/h6-8,10-11,14,21-22H,1-5H2,(H2,15,16,17)/t8-,10-,11+,14-/m1/s1. The molecule has 0 radical (unpaired) electrons. The summed E-state index contributed by atoms with van der Waals surface area (Å²) in [6.45, 7) is 1.58. The van der Waals surface area contributed by atoms with Crippen LogP contribution in [-0.4, -0.2) is 72.6 Å². The fraction of sp³-hybridized carbons (Fsp3) is 0.643. The summed E-state index contributed by atoms with van der Waals surface area (Å²) in [5.74, 6) is 0.309. The SMILES string of the molecule is Nc1ncnc2c1ncn2[C@@H]1O[C@H](CO)[C@H](O)[C@H]1N1CCCC1. The third kappa shape index (κ3) is 2.27. The molecule has 0 saturated carbocycles. The van der Waals surface area contributed by atoms with Gasteiger partial charge >= 0.3 is 0 Å². The van der Waals surface area contributed by atoms with E-state index in [0.717, 1.165) is 25.9 Å². The highest BCUT2D eigenvalue weighted by Crippen LogP contribution is 2.36. The van der Waals surface area contributed by atoms with Gasteiger partial charge in [0.1, 0.15) is 24.1 Å². The number of hydrogen-bond donors (Lipinski definition) is 3. The quantitative estimate of drug-likeness (QED) is 0.666. The molecule has 2 fully saturated rings. The fourth-order valence-corrected chi connectivity index (χ4v) is 3.60. The number of aliphatic hydroxyl groups is 2. The number of ether oxygens (including phenoxy) is 1. The van der Waals surface area contributed by atoms with Crippen LogP contribution in [0.5, 0.6) is 0 Å². The predicted molar refractivity (Wildman–Crippen MR) is 81.3 cm³/mol. The first-order chi connectivity index (χ1) is 11.2. The van der Waals surface area contributed by atoms with Gasteiger partial charge in [0.15, 0.2) is 17.7 Å². The van der Waals surface area contributed by atoms with E-state index in [1.54, 1.807) is 10.9 Å². The number of fused-ring (bicyclic) bond motifs is 1. The number of likely N-dealkylation sites (tertiary alicyclic amines) is 1. The lowest BCUT2D eigenvalue weighted by atomic mass is 10.1. The van der Waals surface area contributed by atoms with Gasteiger partial charge in [0.25, 0.3) is 0 Å². The molecule has 124 valence electrons. The molecule has 0 aromatic carbocycles. The van der Waals surface area contributed by atoms with Gasteiger partial charge in [-0.2, -0.15) is 0 Å². The van der Waals surface area contributed by atoms with Crippen molar-refractivity contribution in [1.82, 2.24) is 24.4 Å². The van der Waals surface area contributed by atoms with E-state index in [1.807, 2.05) is 0 Å². The topological polar surface area (TPSA) is 123 Å². The molecule has 9 nitrogen and oxygen atoms in total.